The molecule has 2 aliphatic rings. The molecule has 0 spiro atoms. The molecule has 156 valence electrons. The van der Waals surface area contributed by atoms with Crippen LogP contribution in [0.2, 0.25) is 0 Å². The molecule has 2 heterocycles. The van der Waals surface area contributed by atoms with Crippen molar-refractivity contribution < 1.29 is 13.5 Å². The topological polar surface area (TPSA) is 95.4 Å². The summed E-state index contributed by atoms with van der Waals surface area (Å²) < 4.78 is 27.9. The third-order valence-corrected chi connectivity index (χ3v) is 8.04. The molecule has 4 atom stereocenters. The van der Waals surface area contributed by atoms with Gasteiger partial charge in [0, 0.05) is 25.5 Å². The van der Waals surface area contributed by atoms with Crippen LogP contribution in [0.15, 0.2) is 47.8 Å². The van der Waals surface area contributed by atoms with E-state index >= 15 is 0 Å². The smallest absolute Gasteiger partial charge is 0.243 e. The molecule has 0 unspecified atom stereocenters. The number of aliphatic hydroxyl groups excluding tert-OH is 1. The molecule has 1 aliphatic carbocycles. The van der Waals surface area contributed by atoms with Gasteiger partial charge < -0.3 is 10.4 Å². The Balaban J connectivity index is 1.46. The van der Waals surface area contributed by atoms with Crippen molar-refractivity contribution in [2.45, 2.75) is 49.6 Å². The molecule has 29 heavy (non-hydrogen) atoms. The second kappa shape index (κ2) is 8.01. The van der Waals surface area contributed by atoms with Gasteiger partial charge in [0.15, 0.2) is 0 Å². The second-order valence-electron chi connectivity index (χ2n) is 8.45. The average Bonchev–Trinajstić information content (AvgIpc) is 3.12. The van der Waals surface area contributed by atoms with Gasteiger partial charge in [-0.05, 0) is 48.3 Å². The Bertz CT molecular complexity index is 934. The maximum absolute atomic E-state index is 13.1. The highest BCUT2D eigenvalue weighted by Crippen LogP contribution is 2.39. The lowest BCUT2D eigenvalue weighted by Crippen LogP contribution is -2.43. The van der Waals surface area contributed by atoms with Crippen molar-refractivity contribution >= 4 is 15.8 Å². The molecular weight excluding hydrogens is 388 g/mol. The minimum atomic E-state index is -3.52. The normalized spacial score (nSPS) is 27.7. The van der Waals surface area contributed by atoms with Gasteiger partial charge in [0.25, 0.3) is 0 Å². The Labute approximate surface area is 172 Å². The largest absolute Gasteiger partial charge is 0.391 e. The zero-order valence-corrected chi connectivity index (χ0v) is 17.6. The Kier molecular flexibility index (Phi) is 5.59. The molecular formula is C21H28N4O3S. The molecule has 1 saturated carbocycles. The molecule has 1 saturated heterocycles. The predicted molar refractivity (Wildman–Crippen MR) is 111 cm³/mol. The number of nitrogens with zero attached hydrogens (tertiary/aromatic N) is 3. The SMILES string of the molecule is CC(C)c1ccc(S(=O)(=O)N2C[C@H]3C[C@@H](Nc4cnccn4)[C@H](O)C[C@H]3C2)cc1. The van der Waals surface area contributed by atoms with Gasteiger partial charge in [-0.3, -0.25) is 4.98 Å². The number of rotatable bonds is 5. The maximum Gasteiger partial charge on any atom is 0.243 e. The van der Waals surface area contributed by atoms with Crippen molar-refractivity contribution in [1.29, 1.82) is 0 Å². The number of sulfonamides is 1. The van der Waals surface area contributed by atoms with Crippen molar-refractivity contribution in [3.8, 4) is 0 Å². The van der Waals surface area contributed by atoms with Crippen molar-refractivity contribution in [2.24, 2.45) is 11.8 Å². The summed E-state index contributed by atoms with van der Waals surface area (Å²) in [6, 6.07) is 7.05. The van der Waals surface area contributed by atoms with Gasteiger partial charge in [-0.15, -0.1) is 0 Å². The van der Waals surface area contributed by atoms with Gasteiger partial charge in [-0.1, -0.05) is 26.0 Å². The highest BCUT2D eigenvalue weighted by Gasteiger charge is 2.45. The first-order valence-electron chi connectivity index (χ1n) is 10.2. The number of nitrogens with one attached hydrogen (secondary N) is 1. The van der Waals surface area contributed by atoms with Crippen LogP contribution in [0, 0.1) is 11.8 Å². The van der Waals surface area contributed by atoms with Crippen LogP contribution in [0.1, 0.15) is 38.2 Å². The quantitative estimate of drug-likeness (QED) is 0.777. The fourth-order valence-corrected chi connectivity index (χ4v) is 6.03. The van der Waals surface area contributed by atoms with Crippen molar-refractivity contribution in [3.05, 3.63) is 48.4 Å². The second-order valence-corrected chi connectivity index (χ2v) is 10.4. The Morgan fingerprint density at radius 2 is 1.79 bits per heavy atom. The number of aliphatic hydroxyl groups is 1. The molecule has 4 rings (SSSR count). The van der Waals surface area contributed by atoms with E-state index in [9.17, 15) is 13.5 Å². The molecule has 7 nitrogen and oxygen atoms in total. The summed E-state index contributed by atoms with van der Waals surface area (Å²) in [5.41, 5.74) is 1.13. The van der Waals surface area contributed by atoms with Gasteiger partial charge in [0.1, 0.15) is 5.82 Å². The fraction of sp³-hybridized carbons (Fsp3) is 0.524. The summed E-state index contributed by atoms with van der Waals surface area (Å²) in [6.45, 7) is 5.13. The number of hydrogen-bond donors (Lipinski definition) is 2. The lowest BCUT2D eigenvalue weighted by Gasteiger charge is -2.35. The van der Waals surface area contributed by atoms with Crippen LogP contribution in [-0.2, 0) is 10.0 Å². The van der Waals surface area contributed by atoms with Crippen LogP contribution in [0.3, 0.4) is 0 Å². The zero-order valence-electron chi connectivity index (χ0n) is 16.8. The van der Waals surface area contributed by atoms with Gasteiger partial charge in [-0.2, -0.15) is 4.31 Å². The van der Waals surface area contributed by atoms with Crippen LogP contribution in [-0.4, -0.2) is 53.0 Å². The van der Waals surface area contributed by atoms with E-state index in [0.29, 0.717) is 42.6 Å². The average molecular weight is 417 g/mol. The Morgan fingerprint density at radius 1 is 1.10 bits per heavy atom. The minimum Gasteiger partial charge on any atom is -0.391 e. The van der Waals surface area contributed by atoms with Crippen LogP contribution in [0.5, 0.6) is 0 Å². The van der Waals surface area contributed by atoms with Crippen LogP contribution < -0.4 is 5.32 Å². The number of benzene rings is 1. The fourth-order valence-electron chi connectivity index (χ4n) is 4.48. The van der Waals surface area contributed by atoms with E-state index in [-0.39, 0.29) is 17.9 Å². The van der Waals surface area contributed by atoms with Crippen molar-refractivity contribution in [3.63, 3.8) is 0 Å². The first kappa shape index (κ1) is 20.3. The highest BCUT2D eigenvalue weighted by atomic mass is 32.2. The van der Waals surface area contributed by atoms with Crippen molar-refractivity contribution in [1.82, 2.24) is 14.3 Å². The summed E-state index contributed by atoms with van der Waals surface area (Å²) in [6.07, 6.45) is 5.60. The third-order valence-electron chi connectivity index (χ3n) is 6.19. The summed E-state index contributed by atoms with van der Waals surface area (Å²) in [5, 5.41) is 13.8. The molecule has 2 fully saturated rings. The summed E-state index contributed by atoms with van der Waals surface area (Å²) in [7, 11) is -3.52. The monoisotopic (exact) mass is 416 g/mol. The van der Waals surface area contributed by atoms with Gasteiger partial charge in [-0.25, -0.2) is 13.4 Å². The molecule has 0 bridgehead atoms. The molecule has 1 aromatic heterocycles. The van der Waals surface area contributed by atoms with Gasteiger partial charge in [0.05, 0.1) is 23.2 Å². The van der Waals surface area contributed by atoms with E-state index < -0.39 is 16.1 Å². The van der Waals surface area contributed by atoms with Crippen molar-refractivity contribution in [2.75, 3.05) is 18.4 Å². The Morgan fingerprint density at radius 3 is 2.41 bits per heavy atom. The first-order chi connectivity index (χ1) is 13.8. The van der Waals surface area contributed by atoms with E-state index in [0.717, 1.165) is 5.56 Å². The highest BCUT2D eigenvalue weighted by molar-refractivity contribution is 7.89. The minimum absolute atomic E-state index is 0.152. The molecule has 8 heteroatoms. The first-order valence-corrected chi connectivity index (χ1v) is 11.6. The molecule has 1 aliphatic heterocycles. The summed E-state index contributed by atoms with van der Waals surface area (Å²) in [5.74, 6) is 1.39. The Hall–Kier alpha value is -2.03. The standard InChI is InChI=1S/C21H28N4O3S/c1-14(2)15-3-5-18(6-4-15)29(27,28)25-12-16-9-19(20(26)10-17(16)13-25)24-21-11-22-7-8-23-21/h3-8,11,14,16-17,19-20,26H,9-10,12-13H2,1-2H3,(H,23,24)/t16-,17+,19-,20-/m1/s1. The number of hydrogen-bond acceptors (Lipinski definition) is 6. The van der Waals surface area contributed by atoms with Crippen LogP contribution in [0.4, 0.5) is 5.82 Å². The third kappa shape index (κ3) is 4.15. The lowest BCUT2D eigenvalue weighted by molar-refractivity contribution is 0.0736. The van der Waals surface area contributed by atoms with Gasteiger partial charge in [0.2, 0.25) is 10.0 Å². The van der Waals surface area contributed by atoms with E-state index in [1.807, 2.05) is 12.1 Å². The van der Waals surface area contributed by atoms with E-state index in [2.05, 4.69) is 29.1 Å². The van der Waals surface area contributed by atoms with E-state index in [1.54, 1.807) is 35.0 Å². The molecule has 2 aromatic rings. The molecule has 0 amide bonds. The van der Waals surface area contributed by atoms with E-state index in [1.165, 1.54) is 0 Å². The molecule has 0 radical (unpaired) electrons. The van der Waals surface area contributed by atoms with E-state index in [4.69, 9.17) is 0 Å². The number of aromatic nitrogens is 2. The maximum atomic E-state index is 13.1. The molecule has 1 aromatic carbocycles. The molecule has 2 N–H and O–H groups in total. The number of anilines is 1. The van der Waals surface area contributed by atoms with Gasteiger partial charge >= 0.3 is 0 Å². The van der Waals surface area contributed by atoms with Crippen LogP contribution >= 0.6 is 0 Å². The zero-order chi connectivity index (χ0) is 20.6. The van der Waals surface area contributed by atoms with Crippen LogP contribution in [0.25, 0.3) is 0 Å². The lowest BCUT2D eigenvalue weighted by atomic mass is 9.77. The summed E-state index contributed by atoms with van der Waals surface area (Å²) in [4.78, 5) is 8.60. The predicted octanol–water partition coefficient (Wildman–Crippen LogP) is 2.47. The summed E-state index contributed by atoms with van der Waals surface area (Å²) >= 11 is 0. The number of fused-ring (bicyclic) bond motifs is 1.